The Bertz CT molecular complexity index is 713. The molecular formula is C22H30O8. The number of unbranched alkanes of at least 4 members (excludes halogenated alkanes) is 5. The van der Waals surface area contributed by atoms with Crippen molar-refractivity contribution < 1.29 is 38.9 Å². The van der Waals surface area contributed by atoms with Crippen LogP contribution < -0.4 is 0 Å². The molecule has 0 fully saturated rings. The topological polar surface area (TPSA) is 127 Å². The van der Waals surface area contributed by atoms with Crippen molar-refractivity contribution in [3.63, 3.8) is 0 Å². The number of carboxylic acids is 2. The van der Waals surface area contributed by atoms with Gasteiger partial charge in [-0.2, -0.15) is 0 Å². The molecule has 0 aliphatic rings. The Balaban J connectivity index is 2.37. The van der Waals surface area contributed by atoms with Crippen molar-refractivity contribution in [3.05, 3.63) is 35.4 Å². The van der Waals surface area contributed by atoms with E-state index in [9.17, 15) is 19.2 Å². The molecule has 0 saturated carbocycles. The lowest BCUT2D eigenvalue weighted by Crippen LogP contribution is -2.24. The second-order valence-electron chi connectivity index (χ2n) is 7.01. The summed E-state index contributed by atoms with van der Waals surface area (Å²) in [6, 6.07) is 5.47. The van der Waals surface area contributed by atoms with Gasteiger partial charge in [-0.15, -0.1) is 0 Å². The minimum Gasteiger partial charge on any atom is -0.481 e. The van der Waals surface area contributed by atoms with Gasteiger partial charge in [0.05, 0.1) is 11.1 Å². The van der Waals surface area contributed by atoms with Gasteiger partial charge in [-0.3, -0.25) is 9.59 Å². The standard InChI is InChI=1S/C22H30O8/c1-2-10-20(30-22(28)17-12-9-11-16(15-17)21(26)27)29-19(25)14-8-6-4-3-5-7-13-18(23)24/h9,11-12,15,20H,2-8,10,13-14H2,1H3,(H,23,24)(H,26,27). The molecule has 166 valence electrons. The lowest BCUT2D eigenvalue weighted by Gasteiger charge is -2.18. The van der Waals surface area contributed by atoms with Crippen molar-refractivity contribution >= 4 is 23.9 Å². The molecule has 8 heteroatoms. The predicted molar refractivity (Wildman–Crippen MR) is 108 cm³/mol. The van der Waals surface area contributed by atoms with Gasteiger partial charge in [-0.05, 0) is 37.5 Å². The molecule has 0 radical (unpaired) electrons. The number of carbonyl (C=O) groups is 4. The van der Waals surface area contributed by atoms with Crippen LogP contribution in [0.25, 0.3) is 0 Å². The molecule has 0 aliphatic carbocycles. The average Bonchev–Trinajstić information content (AvgIpc) is 2.70. The van der Waals surface area contributed by atoms with Crippen molar-refractivity contribution in [2.24, 2.45) is 0 Å². The van der Waals surface area contributed by atoms with E-state index in [0.29, 0.717) is 25.7 Å². The third-order valence-corrected chi connectivity index (χ3v) is 4.39. The summed E-state index contributed by atoms with van der Waals surface area (Å²) in [5.74, 6) is -3.13. The summed E-state index contributed by atoms with van der Waals surface area (Å²) in [5, 5.41) is 17.6. The van der Waals surface area contributed by atoms with Crippen molar-refractivity contribution in [3.8, 4) is 0 Å². The lowest BCUT2D eigenvalue weighted by atomic mass is 10.1. The smallest absolute Gasteiger partial charge is 0.341 e. The first-order valence-corrected chi connectivity index (χ1v) is 10.3. The molecule has 30 heavy (non-hydrogen) atoms. The van der Waals surface area contributed by atoms with Crippen LogP contribution in [0.5, 0.6) is 0 Å². The van der Waals surface area contributed by atoms with E-state index in [2.05, 4.69) is 0 Å². The van der Waals surface area contributed by atoms with E-state index < -0.39 is 30.2 Å². The molecule has 1 rings (SSSR count). The molecule has 0 bridgehead atoms. The van der Waals surface area contributed by atoms with Gasteiger partial charge < -0.3 is 19.7 Å². The summed E-state index contributed by atoms with van der Waals surface area (Å²) in [6.07, 6.45) is 5.20. The van der Waals surface area contributed by atoms with E-state index in [4.69, 9.17) is 19.7 Å². The van der Waals surface area contributed by atoms with E-state index >= 15 is 0 Å². The Kier molecular flexibility index (Phi) is 11.8. The first-order valence-electron chi connectivity index (χ1n) is 10.3. The van der Waals surface area contributed by atoms with E-state index in [1.54, 1.807) is 0 Å². The number of carboxylic acid groups (broad SMARTS) is 2. The molecule has 1 atom stereocenters. The Labute approximate surface area is 176 Å². The highest BCUT2D eigenvalue weighted by molar-refractivity contribution is 5.94. The highest BCUT2D eigenvalue weighted by atomic mass is 16.7. The number of esters is 2. The SMILES string of the molecule is CCCC(OC(=O)CCCCCCCCC(=O)O)OC(=O)c1cccc(C(=O)O)c1. The van der Waals surface area contributed by atoms with Crippen molar-refractivity contribution in [2.45, 2.75) is 77.4 Å². The minimum absolute atomic E-state index is 0.0311. The minimum atomic E-state index is -1.15. The third kappa shape index (κ3) is 10.6. The fraction of sp³-hybridized carbons (Fsp3) is 0.545. The van der Waals surface area contributed by atoms with Crippen LogP contribution in [0.3, 0.4) is 0 Å². The molecule has 2 N–H and O–H groups in total. The normalized spacial score (nSPS) is 11.5. The Morgan fingerprint density at radius 1 is 0.867 bits per heavy atom. The number of ether oxygens (including phenoxy) is 2. The van der Waals surface area contributed by atoms with Gasteiger partial charge >= 0.3 is 23.9 Å². The largest absolute Gasteiger partial charge is 0.481 e. The van der Waals surface area contributed by atoms with Crippen LogP contribution in [-0.2, 0) is 19.1 Å². The zero-order valence-corrected chi connectivity index (χ0v) is 17.3. The van der Waals surface area contributed by atoms with Crippen molar-refractivity contribution in [1.29, 1.82) is 0 Å². The Morgan fingerprint density at radius 3 is 2.07 bits per heavy atom. The number of rotatable bonds is 15. The van der Waals surface area contributed by atoms with Crippen molar-refractivity contribution in [1.82, 2.24) is 0 Å². The van der Waals surface area contributed by atoms with Gasteiger partial charge in [0.25, 0.3) is 0 Å². The molecule has 1 aromatic rings. The number of hydrogen-bond donors (Lipinski definition) is 2. The number of aromatic carboxylic acids is 1. The zero-order valence-electron chi connectivity index (χ0n) is 17.3. The summed E-state index contributed by atoms with van der Waals surface area (Å²) in [7, 11) is 0. The van der Waals surface area contributed by atoms with Gasteiger partial charge in [0.2, 0.25) is 6.29 Å². The lowest BCUT2D eigenvalue weighted by molar-refractivity contribution is -0.169. The molecule has 1 unspecified atom stereocenters. The van der Waals surface area contributed by atoms with Crippen molar-refractivity contribution in [2.75, 3.05) is 0 Å². The maximum Gasteiger partial charge on any atom is 0.341 e. The summed E-state index contributed by atoms with van der Waals surface area (Å²) in [6.45, 7) is 1.87. The van der Waals surface area contributed by atoms with E-state index in [1.165, 1.54) is 24.3 Å². The van der Waals surface area contributed by atoms with Gasteiger partial charge in [0, 0.05) is 19.3 Å². The molecule has 0 spiro atoms. The fourth-order valence-electron chi connectivity index (χ4n) is 2.80. The summed E-state index contributed by atoms with van der Waals surface area (Å²) in [5.41, 5.74) is 0.0476. The quantitative estimate of drug-likeness (QED) is 0.242. The highest BCUT2D eigenvalue weighted by Crippen LogP contribution is 2.14. The maximum absolute atomic E-state index is 12.3. The first-order chi connectivity index (χ1) is 14.3. The molecule has 0 heterocycles. The van der Waals surface area contributed by atoms with Gasteiger partial charge in [0.15, 0.2) is 0 Å². The monoisotopic (exact) mass is 422 g/mol. The summed E-state index contributed by atoms with van der Waals surface area (Å²) >= 11 is 0. The van der Waals surface area contributed by atoms with Gasteiger partial charge in [-0.1, -0.05) is 38.7 Å². The molecule has 0 aliphatic heterocycles. The summed E-state index contributed by atoms with van der Waals surface area (Å²) in [4.78, 5) is 45.8. The maximum atomic E-state index is 12.3. The predicted octanol–water partition coefficient (Wildman–Crippen LogP) is 4.42. The van der Waals surface area contributed by atoms with Crippen LogP contribution in [0.15, 0.2) is 24.3 Å². The second kappa shape index (κ2) is 14.1. The average molecular weight is 422 g/mol. The van der Waals surface area contributed by atoms with E-state index in [1.807, 2.05) is 6.92 Å². The molecule has 0 amide bonds. The summed E-state index contributed by atoms with van der Waals surface area (Å²) < 4.78 is 10.5. The highest BCUT2D eigenvalue weighted by Gasteiger charge is 2.20. The van der Waals surface area contributed by atoms with E-state index in [-0.39, 0.29) is 24.0 Å². The first kappa shape index (κ1) is 25.1. The van der Waals surface area contributed by atoms with Crippen LogP contribution in [0.1, 0.15) is 91.8 Å². The second-order valence-corrected chi connectivity index (χ2v) is 7.01. The Hall–Kier alpha value is -2.90. The number of benzene rings is 1. The molecule has 0 saturated heterocycles. The third-order valence-electron chi connectivity index (χ3n) is 4.39. The fourth-order valence-corrected chi connectivity index (χ4v) is 2.80. The number of carbonyl (C=O) groups excluding carboxylic acids is 2. The molecule has 8 nitrogen and oxygen atoms in total. The van der Waals surface area contributed by atoms with Crippen LogP contribution in [0.2, 0.25) is 0 Å². The van der Waals surface area contributed by atoms with Crippen LogP contribution in [0, 0.1) is 0 Å². The zero-order chi connectivity index (χ0) is 22.4. The Morgan fingerprint density at radius 2 is 1.47 bits per heavy atom. The van der Waals surface area contributed by atoms with Crippen LogP contribution in [-0.4, -0.2) is 40.4 Å². The molecule has 1 aromatic carbocycles. The number of hydrogen-bond acceptors (Lipinski definition) is 6. The van der Waals surface area contributed by atoms with Gasteiger partial charge in [-0.25, -0.2) is 9.59 Å². The molecular weight excluding hydrogens is 392 g/mol. The van der Waals surface area contributed by atoms with Crippen LogP contribution in [0.4, 0.5) is 0 Å². The van der Waals surface area contributed by atoms with Crippen LogP contribution >= 0.6 is 0 Å². The number of aliphatic carboxylic acids is 1. The molecule has 0 aromatic heterocycles. The van der Waals surface area contributed by atoms with Gasteiger partial charge in [0.1, 0.15) is 0 Å². The van der Waals surface area contributed by atoms with E-state index in [0.717, 1.165) is 25.7 Å².